The van der Waals surface area contributed by atoms with Gasteiger partial charge < -0.3 is 4.74 Å². The Morgan fingerprint density at radius 3 is 2.86 bits per heavy atom. The Morgan fingerprint density at radius 2 is 2.24 bits per heavy atom. The largest absolute Gasteiger partial charge is 0.374 e. The highest BCUT2D eigenvalue weighted by molar-refractivity contribution is 5.12. The molecule has 0 bridgehead atoms. The number of hydrogen-bond acceptors (Lipinski definition) is 5. The second kappa shape index (κ2) is 7.89. The zero-order valence-electron chi connectivity index (χ0n) is 13.5. The van der Waals surface area contributed by atoms with Crippen LogP contribution in [0.15, 0.2) is 6.07 Å². The third-order valence-electron chi connectivity index (χ3n) is 4.29. The zero-order chi connectivity index (χ0) is 15.2. The maximum Gasteiger partial charge on any atom is 0.0872 e. The van der Waals surface area contributed by atoms with Crippen molar-refractivity contribution < 1.29 is 4.74 Å². The number of nitrogens with zero attached hydrogens (tertiary/aromatic N) is 3. The van der Waals surface area contributed by atoms with E-state index in [2.05, 4.69) is 46.9 Å². The lowest BCUT2D eigenvalue weighted by molar-refractivity contribution is -0.0450. The Labute approximate surface area is 127 Å². The molecule has 6 heteroatoms. The lowest BCUT2D eigenvalue weighted by Crippen LogP contribution is -2.54. The predicted octanol–water partition coefficient (Wildman–Crippen LogP) is 0.561. The molecule has 2 atom stereocenters. The van der Waals surface area contributed by atoms with Crippen LogP contribution in [0.1, 0.15) is 32.2 Å². The van der Waals surface area contributed by atoms with Gasteiger partial charge in [0.15, 0.2) is 0 Å². The Bertz CT molecular complexity index is 434. The molecular weight excluding hydrogens is 266 g/mol. The number of likely N-dealkylation sites (N-methyl/N-ethyl adjacent to an activating group) is 1. The second-order valence-electron chi connectivity index (χ2n) is 5.58. The summed E-state index contributed by atoms with van der Waals surface area (Å²) >= 11 is 0. The summed E-state index contributed by atoms with van der Waals surface area (Å²) in [6, 6.07) is 2.31. The minimum absolute atomic E-state index is 0.117. The first kappa shape index (κ1) is 16.4. The highest BCUT2D eigenvalue weighted by Crippen LogP contribution is 2.14. The van der Waals surface area contributed by atoms with E-state index in [1.165, 1.54) is 5.69 Å². The van der Waals surface area contributed by atoms with Gasteiger partial charge in [0.25, 0.3) is 0 Å². The van der Waals surface area contributed by atoms with Crippen LogP contribution in [-0.4, -0.2) is 53.1 Å². The van der Waals surface area contributed by atoms with E-state index in [1.54, 1.807) is 0 Å². The fourth-order valence-electron chi connectivity index (χ4n) is 2.91. The summed E-state index contributed by atoms with van der Waals surface area (Å²) in [4.78, 5) is 2.41. The van der Waals surface area contributed by atoms with Crippen LogP contribution in [-0.2, 0) is 24.1 Å². The molecule has 0 spiro atoms. The Balaban J connectivity index is 2.06. The molecule has 1 aromatic heterocycles. The van der Waals surface area contributed by atoms with Gasteiger partial charge in [0, 0.05) is 31.7 Å². The standard InChI is InChI=1S/C15H29N5O/c1-4-12-9-13(20(6-3)18-12)10-14(17-16)15-11-19(5-2)7-8-21-15/h9,14-15,17H,4-8,10-11,16H2,1-3H3. The minimum atomic E-state index is 0.117. The predicted molar refractivity (Wildman–Crippen MR) is 83.9 cm³/mol. The van der Waals surface area contributed by atoms with Crippen molar-refractivity contribution in [2.75, 3.05) is 26.2 Å². The number of hydrazine groups is 1. The average molecular weight is 295 g/mol. The van der Waals surface area contributed by atoms with E-state index in [0.29, 0.717) is 0 Å². The molecule has 0 saturated carbocycles. The van der Waals surface area contributed by atoms with Gasteiger partial charge in [0.05, 0.1) is 24.4 Å². The highest BCUT2D eigenvalue weighted by Gasteiger charge is 2.28. The summed E-state index contributed by atoms with van der Waals surface area (Å²) in [5.74, 6) is 5.79. The van der Waals surface area contributed by atoms with Crippen molar-refractivity contribution >= 4 is 0 Å². The number of nitrogens with two attached hydrogens (primary N) is 1. The third-order valence-corrected chi connectivity index (χ3v) is 4.29. The van der Waals surface area contributed by atoms with Crippen molar-refractivity contribution in [2.24, 2.45) is 5.84 Å². The molecule has 1 aliphatic heterocycles. The van der Waals surface area contributed by atoms with Crippen LogP contribution in [0.25, 0.3) is 0 Å². The first-order valence-corrected chi connectivity index (χ1v) is 8.07. The number of morpholine rings is 1. The van der Waals surface area contributed by atoms with Gasteiger partial charge in [-0.2, -0.15) is 5.10 Å². The summed E-state index contributed by atoms with van der Waals surface area (Å²) < 4.78 is 8.00. The fourth-order valence-corrected chi connectivity index (χ4v) is 2.91. The average Bonchev–Trinajstić information content (AvgIpc) is 2.94. The van der Waals surface area contributed by atoms with Crippen LogP contribution in [0, 0.1) is 0 Å². The van der Waals surface area contributed by atoms with Crippen molar-refractivity contribution in [1.82, 2.24) is 20.1 Å². The molecule has 0 aliphatic carbocycles. The number of nitrogens with one attached hydrogen (secondary N) is 1. The molecule has 2 rings (SSSR count). The molecule has 6 nitrogen and oxygen atoms in total. The lowest BCUT2D eigenvalue weighted by atomic mass is 10.0. The third kappa shape index (κ3) is 4.03. The fraction of sp³-hybridized carbons (Fsp3) is 0.800. The van der Waals surface area contributed by atoms with E-state index in [9.17, 15) is 0 Å². The van der Waals surface area contributed by atoms with Gasteiger partial charge in [-0.1, -0.05) is 13.8 Å². The van der Waals surface area contributed by atoms with Crippen LogP contribution in [0.4, 0.5) is 0 Å². The summed E-state index contributed by atoms with van der Waals surface area (Å²) in [5.41, 5.74) is 5.32. The van der Waals surface area contributed by atoms with Gasteiger partial charge in [-0.3, -0.25) is 20.9 Å². The number of ether oxygens (including phenoxy) is 1. The van der Waals surface area contributed by atoms with E-state index < -0.39 is 0 Å². The normalized spacial score (nSPS) is 21.6. The molecule has 1 saturated heterocycles. The first-order valence-electron chi connectivity index (χ1n) is 8.07. The Hall–Kier alpha value is -0.950. The molecular formula is C15H29N5O. The van der Waals surface area contributed by atoms with Crippen LogP contribution in [0.5, 0.6) is 0 Å². The maximum atomic E-state index is 5.93. The number of rotatable bonds is 7. The van der Waals surface area contributed by atoms with Crippen LogP contribution in [0.3, 0.4) is 0 Å². The molecule has 120 valence electrons. The molecule has 1 fully saturated rings. The number of aromatic nitrogens is 2. The molecule has 2 unspecified atom stereocenters. The van der Waals surface area contributed by atoms with E-state index in [-0.39, 0.29) is 12.1 Å². The lowest BCUT2D eigenvalue weighted by Gasteiger charge is -2.36. The van der Waals surface area contributed by atoms with Crippen molar-refractivity contribution in [2.45, 2.75) is 52.3 Å². The van der Waals surface area contributed by atoms with Crippen molar-refractivity contribution in [3.8, 4) is 0 Å². The molecule has 1 aliphatic rings. The van der Waals surface area contributed by atoms with E-state index in [4.69, 9.17) is 10.6 Å². The van der Waals surface area contributed by atoms with Crippen LogP contribution >= 0.6 is 0 Å². The first-order chi connectivity index (χ1) is 10.2. The van der Waals surface area contributed by atoms with E-state index in [0.717, 1.165) is 51.3 Å². The monoisotopic (exact) mass is 295 g/mol. The van der Waals surface area contributed by atoms with Gasteiger partial charge in [-0.25, -0.2) is 0 Å². The molecule has 0 radical (unpaired) electrons. The van der Waals surface area contributed by atoms with Gasteiger partial charge >= 0.3 is 0 Å². The van der Waals surface area contributed by atoms with E-state index >= 15 is 0 Å². The summed E-state index contributed by atoms with van der Waals surface area (Å²) in [6.45, 7) is 11.1. The summed E-state index contributed by atoms with van der Waals surface area (Å²) in [5, 5.41) is 4.61. The highest BCUT2D eigenvalue weighted by atomic mass is 16.5. The van der Waals surface area contributed by atoms with Gasteiger partial charge in [-0.05, 0) is 26.0 Å². The quantitative estimate of drug-likeness (QED) is 0.568. The molecule has 0 amide bonds. The minimum Gasteiger partial charge on any atom is -0.374 e. The zero-order valence-corrected chi connectivity index (χ0v) is 13.5. The van der Waals surface area contributed by atoms with Gasteiger partial charge in [0.2, 0.25) is 0 Å². The SMILES string of the molecule is CCc1cc(CC(NN)C2CN(CC)CCO2)n(CC)n1. The topological polar surface area (TPSA) is 68.3 Å². The summed E-state index contributed by atoms with van der Waals surface area (Å²) in [7, 11) is 0. The molecule has 21 heavy (non-hydrogen) atoms. The smallest absolute Gasteiger partial charge is 0.0872 e. The Morgan fingerprint density at radius 1 is 1.43 bits per heavy atom. The molecule has 2 heterocycles. The summed E-state index contributed by atoms with van der Waals surface area (Å²) in [6.07, 6.45) is 1.94. The second-order valence-corrected chi connectivity index (χ2v) is 5.58. The van der Waals surface area contributed by atoms with E-state index in [1.807, 2.05) is 0 Å². The molecule has 1 aromatic rings. The number of hydrogen-bond donors (Lipinski definition) is 2. The van der Waals surface area contributed by atoms with Crippen LogP contribution in [0.2, 0.25) is 0 Å². The van der Waals surface area contributed by atoms with Gasteiger partial charge in [0.1, 0.15) is 0 Å². The van der Waals surface area contributed by atoms with Crippen molar-refractivity contribution in [1.29, 1.82) is 0 Å². The molecule has 0 aromatic carbocycles. The maximum absolute atomic E-state index is 5.93. The van der Waals surface area contributed by atoms with Crippen LogP contribution < -0.4 is 11.3 Å². The Kier molecular flexibility index (Phi) is 6.17. The number of aryl methyl sites for hydroxylation is 2. The van der Waals surface area contributed by atoms with Crippen molar-refractivity contribution in [3.05, 3.63) is 17.5 Å². The molecule has 3 N–H and O–H groups in total. The van der Waals surface area contributed by atoms with Gasteiger partial charge in [-0.15, -0.1) is 0 Å². The van der Waals surface area contributed by atoms with Crippen molar-refractivity contribution in [3.63, 3.8) is 0 Å².